The van der Waals surface area contributed by atoms with Crippen LogP contribution in [-0.4, -0.2) is 17.1 Å². The summed E-state index contributed by atoms with van der Waals surface area (Å²) in [7, 11) is 0. The zero-order chi connectivity index (χ0) is 12.3. The molecular formula is C14H22N2O. The van der Waals surface area contributed by atoms with Crippen LogP contribution >= 0.6 is 0 Å². The zero-order valence-electron chi connectivity index (χ0n) is 10.9. The highest BCUT2D eigenvalue weighted by atomic mass is 16.5. The number of aromatic nitrogens is 1. The molecule has 2 rings (SSSR count). The first-order valence-corrected chi connectivity index (χ1v) is 6.53. The Labute approximate surface area is 104 Å². The van der Waals surface area contributed by atoms with Crippen LogP contribution in [0.5, 0.6) is 5.75 Å². The van der Waals surface area contributed by atoms with Crippen molar-refractivity contribution in [1.29, 1.82) is 0 Å². The van der Waals surface area contributed by atoms with Crippen LogP contribution in [0.15, 0.2) is 18.3 Å². The van der Waals surface area contributed by atoms with Gasteiger partial charge in [-0.25, -0.2) is 4.98 Å². The van der Waals surface area contributed by atoms with Gasteiger partial charge in [0.2, 0.25) is 0 Å². The Morgan fingerprint density at radius 1 is 1.41 bits per heavy atom. The average Bonchev–Trinajstić information content (AvgIpc) is 3.04. The van der Waals surface area contributed by atoms with Crippen molar-refractivity contribution in [1.82, 2.24) is 4.98 Å². The van der Waals surface area contributed by atoms with E-state index in [0.717, 1.165) is 17.5 Å². The minimum atomic E-state index is 0.179. The van der Waals surface area contributed by atoms with Crippen molar-refractivity contribution in [2.24, 2.45) is 5.92 Å². The lowest BCUT2D eigenvalue weighted by Crippen LogP contribution is -2.18. The van der Waals surface area contributed by atoms with Crippen molar-refractivity contribution < 1.29 is 4.74 Å². The molecule has 1 atom stereocenters. The smallest absolute Gasteiger partial charge is 0.168 e. The van der Waals surface area contributed by atoms with Gasteiger partial charge in [-0.05, 0) is 45.2 Å². The minimum absolute atomic E-state index is 0.179. The Morgan fingerprint density at radius 2 is 2.18 bits per heavy atom. The molecule has 0 saturated heterocycles. The van der Waals surface area contributed by atoms with E-state index < -0.39 is 0 Å². The van der Waals surface area contributed by atoms with E-state index in [1.807, 2.05) is 26.0 Å². The van der Waals surface area contributed by atoms with Gasteiger partial charge in [0.1, 0.15) is 0 Å². The van der Waals surface area contributed by atoms with E-state index in [0.29, 0.717) is 6.04 Å². The second kappa shape index (κ2) is 5.39. The highest BCUT2D eigenvalue weighted by Gasteiger charge is 2.24. The van der Waals surface area contributed by atoms with Crippen LogP contribution in [0, 0.1) is 5.92 Å². The van der Waals surface area contributed by atoms with Gasteiger partial charge in [-0.3, -0.25) is 0 Å². The molecular weight excluding hydrogens is 212 g/mol. The molecule has 0 spiro atoms. The molecule has 1 N–H and O–H groups in total. The van der Waals surface area contributed by atoms with Crippen molar-refractivity contribution >= 4 is 5.82 Å². The number of anilines is 1. The van der Waals surface area contributed by atoms with Crippen LogP contribution < -0.4 is 10.1 Å². The van der Waals surface area contributed by atoms with Crippen molar-refractivity contribution in [2.75, 3.05) is 5.32 Å². The van der Waals surface area contributed by atoms with Gasteiger partial charge in [-0.15, -0.1) is 0 Å². The van der Waals surface area contributed by atoms with E-state index in [2.05, 4.69) is 17.2 Å². The van der Waals surface area contributed by atoms with Crippen LogP contribution in [0.2, 0.25) is 0 Å². The Morgan fingerprint density at radius 3 is 2.82 bits per heavy atom. The fraction of sp³-hybridized carbons (Fsp3) is 0.643. The van der Waals surface area contributed by atoms with Gasteiger partial charge in [0, 0.05) is 12.2 Å². The summed E-state index contributed by atoms with van der Waals surface area (Å²) in [5, 5.41) is 3.45. The molecule has 1 saturated carbocycles. The van der Waals surface area contributed by atoms with Crippen LogP contribution in [0.1, 0.15) is 40.0 Å². The van der Waals surface area contributed by atoms with Gasteiger partial charge in [0.05, 0.1) is 6.10 Å². The number of pyridine rings is 1. The Bertz CT molecular complexity index is 361. The van der Waals surface area contributed by atoms with Crippen molar-refractivity contribution in [3.63, 3.8) is 0 Å². The number of rotatable bonds is 6. The maximum Gasteiger partial charge on any atom is 0.168 e. The molecule has 0 radical (unpaired) electrons. The Balaban J connectivity index is 1.97. The number of hydrogen-bond acceptors (Lipinski definition) is 3. The average molecular weight is 234 g/mol. The first-order chi connectivity index (χ1) is 8.15. The van der Waals surface area contributed by atoms with E-state index >= 15 is 0 Å². The summed E-state index contributed by atoms with van der Waals surface area (Å²) in [5.41, 5.74) is 0. The zero-order valence-corrected chi connectivity index (χ0v) is 10.9. The Kier molecular flexibility index (Phi) is 3.87. The molecule has 1 aliphatic rings. The van der Waals surface area contributed by atoms with Gasteiger partial charge < -0.3 is 10.1 Å². The van der Waals surface area contributed by atoms with E-state index in [1.165, 1.54) is 19.3 Å². The second-order valence-electron chi connectivity index (χ2n) is 5.24. The summed E-state index contributed by atoms with van der Waals surface area (Å²) in [5.74, 6) is 2.65. The van der Waals surface area contributed by atoms with Gasteiger partial charge in [-0.2, -0.15) is 0 Å². The molecule has 0 aliphatic heterocycles. The molecule has 1 aromatic heterocycles. The van der Waals surface area contributed by atoms with Crippen molar-refractivity contribution in [3.8, 4) is 5.75 Å². The predicted molar refractivity (Wildman–Crippen MR) is 70.4 cm³/mol. The topological polar surface area (TPSA) is 34.2 Å². The van der Waals surface area contributed by atoms with Gasteiger partial charge >= 0.3 is 0 Å². The second-order valence-corrected chi connectivity index (χ2v) is 5.24. The summed E-state index contributed by atoms with van der Waals surface area (Å²) in [6, 6.07) is 4.35. The summed E-state index contributed by atoms with van der Waals surface area (Å²) in [6.07, 6.45) is 6.00. The molecule has 1 aromatic rings. The van der Waals surface area contributed by atoms with Gasteiger partial charge in [0.15, 0.2) is 11.6 Å². The van der Waals surface area contributed by atoms with E-state index in [9.17, 15) is 0 Å². The molecule has 0 bridgehead atoms. The lowest BCUT2D eigenvalue weighted by atomic mass is 10.1. The number of ether oxygens (including phenoxy) is 1. The molecule has 0 aromatic carbocycles. The third kappa shape index (κ3) is 3.91. The lowest BCUT2D eigenvalue weighted by Gasteiger charge is -2.18. The maximum atomic E-state index is 5.74. The highest BCUT2D eigenvalue weighted by Crippen LogP contribution is 2.34. The molecule has 1 aliphatic carbocycles. The third-order valence-corrected chi connectivity index (χ3v) is 2.90. The predicted octanol–water partition coefficient (Wildman–Crippen LogP) is 3.47. The fourth-order valence-corrected chi connectivity index (χ4v) is 1.99. The lowest BCUT2D eigenvalue weighted by molar-refractivity contribution is 0.242. The standard InChI is InChI=1S/C14H22N2O/c1-10(2)17-13-5-4-8-15-14(13)16-11(3)9-12-6-7-12/h4-5,8,10-12H,6-7,9H2,1-3H3,(H,15,16). The molecule has 94 valence electrons. The first-order valence-electron chi connectivity index (χ1n) is 6.53. The summed E-state index contributed by atoms with van der Waals surface area (Å²) in [6.45, 7) is 6.28. The molecule has 17 heavy (non-hydrogen) atoms. The van der Waals surface area contributed by atoms with Crippen molar-refractivity contribution in [2.45, 2.75) is 52.2 Å². The fourth-order valence-electron chi connectivity index (χ4n) is 1.99. The largest absolute Gasteiger partial charge is 0.487 e. The molecule has 3 nitrogen and oxygen atoms in total. The summed E-state index contributed by atoms with van der Waals surface area (Å²) >= 11 is 0. The summed E-state index contributed by atoms with van der Waals surface area (Å²) < 4.78 is 5.74. The molecule has 1 fully saturated rings. The van der Waals surface area contributed by atoms with E-state index in [-0.39, 0.29) is 6.10 Å². The molecule has 1 heterocycles. The van der Waals surface area contributed by atoms with Crippen LogP contribution in [0.3, 0.4) is 0 Å². The minimum Gasteiger partial charge on any atom is -0.487 e. The molecule has 0 amide bonds. The van der Waals surface area contributed by atoms with Gasteiger partial charge in [0.25, 0.3) is 0 Å². The maximum absolute atomic E-state index is 5.74. The van der Waals surface area contributed by atoms with Crippen molar-refractivity contribution in [3.05, 3.63) is 18.3 Å². The first kappa shape index (κ1) is 12.2. The Hall–Kier alpha value is -1.25. The third-order valence-electron chi connectivity index (χ3n) is 2.90. The molecule has 1 unspecified atom stereocenters. The SMILES string of the molecule is CC(CC1CC1)Nc1ncccc1OC(C)C. The number of nitrogens with one attached hydrogen (secondary N) is 1. The normalized spacial score (nSPS) is 16.9. The molecule has 3 heteroatoms. The summed E-state index contributed by atoms with van der Waals surface area (Å²) in [4.78, 5) is 4.36. The number of nitrogens with zero attached hydrogens (tertiary/aromatic N) is 1. The quantitative estimate of drug-likeness (QED) is 0.818. The van der Waals surface area contributed by atoms with E-state index in [1.54, 1.807) is 6.20 Å². The monoisotopic (exact) mass is 234 g/mol. The van der Waals surface area contributed by atoms with Crippen LogP contribution in [0.4, 0.5) is 5.82 Å². The van der Waals surface area contributed by atoms with Crippen LogP contribution in [-0.2, 0) is 0 Å². The highest BCUT2D eigenvalue weighted by molar-refractivity contribution is 5.50. The van der Waals surface area contributed by atoms with Crippen LogP contribution in [0.25, 0.3) is 0 Å². The number of hydrogen-bond donors (Lipinski definition) is 1. The van der Waals surface area contributed by atoms with Gasteiger partial charge in [-0.1, -0.05) is 12.8 Å². The van der Waals surface area contributed by atoms with E-state index in [4.69, 9.17) is 4.74 Å².